The number of ether oxygens (including phenoxy) is 1. The summed E-state index contributed by atoms with van der Waals surface area (Å²) in [6.07, 6.45) is 1.41. The molecule has 8 heteroatoms. The van der Waals surface area contributed by atoms with Crippen LogP contribution in [0, 0.1) is 5.82 Å². The summed E-state index contributed by atoms with van der Waals surface area (Å²) >= 11 is 0. The molecule has 7 nitrogen and oxygen atoms in total. The number of para-hydroxylation sites is 3. The average Bonchev–Trinajstić information content (AvgIpc) is 3.09. The van der Waals surface area contributed by atoms with Gasteiger partial charge in [0.2, 0.25) is 0 Å². The number of hydrogen-bond donors (Lipinski definition) is 2. The molecule has 0 atom stereocenters. The number of carbonyl (C=O) groups is 3. The quantitative estimate of drug-likeness (QED) is 0.463. The Kier molecular flexibility index (Phi) is 5.94. The molecule has 32 heavy (non-hydrogen) atoms. The van der Waals surface area contributed by atoms with Crippen molar-refractivity contribution in [2.45, 2.75) is 0 Å². The first-order chi connectivity index (χ1) is 15.5. The van der Waals surface area contributed by atoms with Crippen LogP contribution in [0.3, 0.4) is 0 Å². The zero-order valence-electron chi connectivity index (χ0n) is 16.7. The van der Waals surface area contributed by atoms with Crippen LogP contribution in [-0.4, -0.2) is 24.3 Å². The zero-order valence-corrected chi connectivity index (χ0v) is 16.7. The van der Waals surface area contributed by atoms with Crippen LogP contribution in [-0.2, 0) is 14.4 Å². The molecule has 0 radical (unpaired) electrons. The van der Waals surface area contributed by atoms with Crippen LogP contribution in [0.15, 0.2) is 84.4 Å². The maximum Gasteiger partial charge on any atom is 0.282 e. The minimum Gasteiger partial charge on any atom is -0.483 e. The highest BCUT2D eigenvalue weighted by Crippen LogP contribution is 2.25. The van der Waals surface area contributed by atoms with E-state index in [1.54, 1.807) is 60.7 Å². The summed E-state index contributed by atoms with van der Waals surface area (Å²) in [6, 6.07) is 21.2. The fourth-order valence-electron chi connectivity index (χ4n) is 3.10. The van der Waals surface area contributed by atoms with Crippen molar-refractivity contribution in [3.05, 3.63) is 95.8 Å². The van der Waals surface area contributed by atoms with Crippen molar-refractivity contribution in [1.29, 1.82) is 0 Å². The molecule has 3 amide bonds. The molecule has 1 aliphatic rings. The molecule has 0 aromatic heterocycles. The molecule has 0 bridgehead atoms. The van der Waals surface area contributed by atoms with Gasteiger partial charge in [-0.1, -0.05) is 48.5 Å². The summed E-state index contributed by atoms with van der Waals surface area (Å²) in [6.45, 7) is -0.384. The van der Waals surface area contributed by atoms with Crippen LogP contribution in [0.5, 0.6) is 5.75 Å². The molecule has 3 aromatic rings. The topological polar surface area (TPSA) is 87.7 Å². The molecule has 4 rings (SSSR count). The third kappa shape index (κ3) is 4.49. The number of nitrogens with one attached hydrogen (secondary N) is 2. The molecule has 0 unspecified atom stereocenters. The van der Waals surface area contributed by atoms with Gasteiger partial charge in [0, 0.05) is 5.56 Å². The highest BCUT2D eigenvalue weighted by molar-refractivity contribution is 6.31. The van der Waals surface area contributed by atoms with Crippen LogP contribution < -0.4 is 20.5 Å². The molecule has 3 aromatic carbocycles. The zero-order chi connectivity index (χ0) is 22.5. The van der Waals surface area contributed by atoms with Crippen LogP contribution in [0.4, 0.5) is 15.8 Å². The van der Waals surface area contributed by atoms with Crippen LogP contribution in [0.25, 0.3) is 6.08 Å². The normalized spacial score (nSPS) is 14.4. The molecular formula is C24H18FN3O4. The standard InChI is InChI=1S/C24H18FN3O4/c25-19-11-5-6-12-20(19)26-22(29)15-32-21-13-7-4-8-16(21)14-18-23(30)27-28(24(18)31)17-9-2-1-3-10-17/h1-14H,15H2,(H,26,29)(H,27,30)/b18-14-. The van der Waals surface area contributed by atoms with Gasteiger partial charge in [-0.05, 0) is 36.4 Å². The predicted octanol–water partition coefficient (Wildman–Crippen LogP) is 3.30. The van der Waals surface area contributed by atoms with Gasteiger partial charge < -0.3 is 10.1 Å². The first kappa shape index (κ1) is 20.8. The summed E-state index contributed by atoms with van der Waals surface area (Å²) in [7, 11) is 0. The van der Waals surface area contributed by atoms with Gasteiger partial charge in [-0.3, -0.25) is 19.8 Å². The molecule has 1 aliphatic heterocycles. The average molecular weight is 431 g/mol. The first-order valence-electron chi connectivity index (χ1n) is 9.71. The maximum atomic E-state index is 13.7. The van der Waals surface area contributed by atoms with Crippen molar-refractivity contribution in [2.75, 3.05) is 16.9 Å². The number of benzene rings is 3. The summed E-state index contributed by atoms with van der Waals surface area (Å²) in [5.41, 5.74) is 3.48. The third-order valence-electron chi connectivity index (χ3n) is 4.63. The molecule has 1 saturated heterocycles. The van der Waals surface area contributed by atoms with Crippen LogP contribution >= 0.6 is 0 Å². The van der Waals surface area contributed by atoms with Crippen LogP contribution in [0.2, 0.25) is 0 Å². The van der Waals surface area contributed by atoms with Gasteiger partial charge in [0.1, 0.15) is 17.1 Å². The van der Waals surface area contributed by atoms with Gasteiger partial charge in [0.15, 0.2) is 6.61 Å². The van der Waals surface area contributed by atoms with E-state index in [0.29, 0.717) is 17.0 Å². The Balaban J connectivity index is 1.49. The molecule has 1 heterocycles. The van der Waals surface area contributed by atoms with E-state index >= 15 is 0 Å². The monoisotopic (exact) mass is 431 g/mol. The first-order valence-corrected chi connectivity index (χ1v) is 9.71. The Morgan fingerprint density at radius 3 is 2.44 bits per heavy atom. The second kappa shape index (κ2) is 9.13. The lowest BCUT2D eigenvalue weighted by Gasteiger charge is -2.14. The summed E-state index contributed by atoms with van der Waals surface area (Å²) in [5.74, 6) is -1.87. The molecule has 0 spiro atoms. The number of rotatable bonds is 6. The van der Waals surface area contributed by atoms with Crippen molar-refractivity contribution >= 4 is 35.2 Å². The van der Waals surface area contributed by atoms with Crippen molar-refractivity contribution in [1.82, 2.24) is 5.43 Å². The summed E-state index contributed by atoms with van der Waals surface area (Å²) < 4.78 is 19.3. The lowest BCUT2D eigenvalue weighted by molar-refractivity contribution is -0.118. The molecule has 2 N–H and O–H groups in total. The van der Waals surface area contributed by atoms with E-state index in [9.17, 15) is 18.8 Å². The summed E-state index contributed by atoms with van der Waals surface area (Å²) in [4.78, 5) is 37.3. The number of carbonyl (C=O) groups excluding carboxylic acids is 3. The van der Waals surface area contributed by atoms with Crippen molar-refractivity contribution in [3.8, 4) is 5.75 Å². The molecule has 0 aliphatic carbocycles. The highest BCUT2D eigenvalue weighted by atomic mass is 19.1. The van der Waals surface area contributed by atoms with Crippen molar-refractivity contribution in [3.63, 3.8) is 0 Å². The van der Waals surface area contributed by atoms with Gasteiger partial charge in [0.25, 0.3) is 17.7 Å². The predicted molar refractivity (Wildman–Crippen MR) is 117 cm³/mol. The van der Waals surface area contributed by atoms with Gasteiger partial charge in [-0.2, -0.15) is 0 Å². The van der Waals surface area contributed by atoms with E-state index in [1.807, 2.05) is 0 Å². The van der Waals surface area contributed by atoms with Crippen LogP contribution in [0.1, 0.15) is 5.56 Å². The Labute approximate surface area is 183 Å². The molecule has 0 saturated carbocycles. The Hall–Kier alpha value is -4.46. The lowest BCUT2D eigenvalue weighted by Crippen LogP contribution is -2.35. The Bertz CT molecular complexity index is 1210. The van der Waals surface area contributed by atoms with E-state index in [-0.39, 0.29) is 17.9 Å². The number of hydrazine groups is 1. The van der Waals surface area contributed by atoms with Crippen molar-refractivity contribution in [2.24, 2.45) is 0 Å². The molecule has 1 fully saturated rings. The lowest BCUT2D eigenvalue weighted by atomic mass is 10.1. The highest BCUT2D eigenvalue weighted by Gasteiger charge is 2.34. The van der Waals surface area contributed by atoms with Gasteiger partial charge in [-0.15, -0.1) is 0 Å². The number of amides is 3. The third-order valence-corrected chi connectivity index (χ3v) is 4.63. The SMILES string of the molecule is O=C(COc1ccccc1/C=C1/C(=O)NN(c2ccccc2)C1=O)Nc1ccccc1F. The minimum absolute atomic E-state index is 0.0470. The second-order valence-electron chi connectivity index (χ2n) is 6.83. The van der Waals surface area contributed by atoms with Gasteiger partial charge in [-0.25, -0.2) is 9.40 Å². The summed E-state index contributed by atoms with van der Waals surface area (Å²) in [5, 5.41) is 3.60. The van der Waals surface area contributed by atoms with E-state index in [2.05, 4.69) is 10.7 Å². The van der Waals surface area contributed by atoms with Crippen molar-refractivity contribution < 1.29 is 23.5 Å². The number of halogens is 1. The molecular weight excluding hydrogens is 413 g/mol. The van der Waals surface area contributed by atoms with E-state index in [1.165, 1.54) is 29.3 Å². The number of nitrogens with zero attached hydrogens (tertiary/aromatic N) is 1. The van der Waals surface area contributed by atoms with E-state index in [0.717, 1.165) is 0 Å². The van der Waals surface area contributed by atoms with Gasteiger partial charge in [0.05, 0.1) is 11.4 Å². The van der Waals surface area contributed by atoms with E-state index < -0.39 is 23.5 Å². The van der Waals surface area contributed by atoms with E-state index in [4.69, 9.17) is 4.74 Å². The largest absolute Gasteiger partial charge is 0.483 e. The second-order valence-corrected chi connectivity index (χ2v) is 6.83. The Morgan fingerprint density at radius 1 is 0.969 bits per heavy atom. The smallest absolute Gasteiger partial charge is 0.282 e. The molecule has 160 valence electrons. The minimum atomic E-state index is -0.556. The van der Waals surface area contributed by atoms with Gasteiger partial charge >= 0.3 is 0 Å². The maximum absolute atomic E-state index is 13.7. The fourth-order valence-corrected chi connectivity index (χ4v) is 3.10. The number of anilines is 2. The number of hydrogen-bond acceptors (Lipinski definition) is 4. The fraction of sp³-hybridized carbons (Fsp3) is 0.0417. The Morgan fingerprint density at radius 2 is 1.66 bits per heavy atom.